The largest absolute Gasteiger partial charge is 0.327 e. The van der Waals surface area contributed by atoms with Gasteiger partial charge in [0.2, 0.25) is 0 Å². The molecule has 1 nitrogen and oxygen atoms in total. The van der Waals surface area contributed by atoms with E-state index < -0.39 is 0 Å². The fraction of sp³-hybridized carbons (Fsp3) is 0.684. The van der Waals surface area contributed by atoms with Gasteiger partial charge in [0.1, 0.15) is 0 Å². The summed E-state index contributed by atoms with van der Waals surface area (Å²) in [6, 6.07) is 6.63. The van der Waals surface area contributed by atoms with Crippen molar-refractivity contribution < 1.29 is 0 Å². The summed E-state index contributed by atoms with van der Waals surface area (Å²) in [5.41, 5.74) is 9.00. The molecule has 21 heavy (non-hydrogen) atoms. The van der Waals surface area contributed by atoms with Crippen LogP contribution in [0.3, 0.4) is 0 Å². The van der Waals surface area contributed by atoms with Crippen molar-refractivity contribution in [3.8, 4) is 0 Å². The van der Waals surface area contributed by atoms with Crippen LogP contribution in [0.25, 0.3) is 0 Å². The van der Waals surface area contributed by atoms with Crippen LogP contribution < -0.4 is 5.73 Å². The highest BCUT2D eigenvalue weighted by atomic mass is 35.5. The highest BCUT2D eigenvalue weighted by Crippen LogP contribution is 2.43. The maximum atomic E-state index is 6.55. The number of halogens is 1. The highest BCUT2D eigenvalue weighted by molar-refractivity contribution is 6.31. The van der Waals surface area contributed by atoms with E-state index in [-0.39, 0.29) is 6.04 Å². The average molecular weight is 306 g/mol. The Morgan fingerprint density at radius 1 is 1.14 bits per heavy atom. The summed E-state index contributed by atoms with van der Waals surface area (Å²) in [7, 11) is 0. The van der Waals surface area contributed by atoms with Gasteiger partial charge in [-0.3, -0.25) is 0 Å². The smallest absolute Gasteiger partial charge is 0.0441 e. The van der Waals surface area contributed by atoms with Crippen molar-refractivity contribution in [2.75, 3.05) is 0 Å². The third-order valence-electron chi connectivity index (χ3n) is 5.85. The number of nitrogens with two attached hydrogens (primary N) is 1. The second kappa shape index (κ2) is 6.71. The predicted molar refractivity (Wildman–Crippen MR) is 90.7 cm³/mol. The van der Waals surface area contributed by atoms with E-state index in [0.717, 1.165) is 23.3 Å². The zero-order valence-corrected chi connectivity index (χ0v) is 13.9. The molecule has 0 aliphatic heterocycles. The Kier molecular flexibility index (Phi) is 4.91. The SMILES string of the molecule is Cc1ccc(CC(N)C2CCC3CCCCC3C2)c(Cl)c1. The Morgan fingerprint density at radius 2 is 1.90 bits per heavy atom. The Hall–Kier alpha value is -0.530. The van der Waals surface area contributed by atoms with E-state index in [1.54, 1.807) is 0 Å². The molecule has 2 aliphatic rings. The first-order valence-electron chi connectivity index (χ1n) is 8.64. The van der Waals surface area contributed by atoms with E-state index in [1.165, 1.54) is 56.1 Å². The van der Waals surface area contributed by atoms with Crippen LogP contribution in [0.1, 0.15) is 56.1 Å². The first kappa shape index (κ1) is 15.4. The molecule has 1 aromatic rings. The Morgan fingerprint density at radius 3 is 2.67 bits per heavy atom. The molecule has 0 bridgehead atoms. The van der Waals surface area contributed by atoms with Crippen LogP contribution in [0.5, 0.6) is 0 Å². The molecule has 2 heteroatoms. The normalized spacial score (nSPS) is 30.7. The van der Waals surface area contributed by atoms with Crippen LogP contribution in [0, 0.1) is 24.7 Å². The molecule has 0 radical (unpaired) electrons. The molecule has 2 N–H and O–H groups in total. The Labute approximate surface area is 134 Å². The minimum atomic E-state index is 0.271. The number of rotatable bonds is 3. The van der Waals surface area contributed by atoms with Gasteiger partial charge in [0.15, 0.2) is 0 Å². The molecule has 2 aliphatic carbocycles. The number of benzene rings is 1. The summed E-state index contributed by atoms with van der Waals surface area (Å²) in [5.74, 6) is 2.66. The standard InChI is InChI=1S/C19H28ClN/c1-13-6-7-16(18(20)10-13)12-19(21)17-9-8-14-4-2-3-5-15(14)11-17/h6-7,10,14-15,17,19H,2-5,8-9,11-12,21H2,1H3. The molecule has 0 heterocycles. The van der Waals surface area contributed by atoms with Crippen LogP contribution in [0.15, 0.2) is 18.2 Å². The lowest BCUT2D eigenvalue weighted by Crippen LogP contribution is -2.38. The summed E-state index contributed by atoms with van der Waals surface area (Å²) in [5, 5.41) is 0.886. The first-order valence-corrected chi connectivity index (χ1v) is 9.02. The van der Waals surface area contributed by atoms with Gasteiger partial charge in [-0.1, -0.05) is 49.4 Å². The van der Waals surface area contributed by atoms with E-state index in [0.29, 0.717) is 5.92 Å². The van der Waals surface area contributed by atoms with E-state index in [9.17, 15) is 0 Å². The maximum Gasteiger partial charge on any atom is 0.0441 e. The molecule has 0 amide bonds. The second-order valence-corrected chi connectivity index (χ2v) is 7.75. The van der Waals surface area contributed by atoms with Crippen molar-refractivity contribution in [3.05, 3.63) is 34.3 Å². The van der Waals surface area contributed by atoms with E-state index in [2.05, 4.69) is 25.1 Å². The van der Waals surface area contributed by atoms with E-state index >= 15 is 0 Å². The molecule has 1 aromatic carbocycles. The van der Waals surface area contributed by atoms with Crippen molar-refractivity contribution in [1.82, 2.24) is 0 Å². The third kappa shape index (κ3) is 3.63. The summed E-state index contributed by atoms with van der Waals surface area (Å²) in [6.45, 7) is 2.08. The lowest BCUT2D eigenvalue weighted by Gasteiger charge is -2.41. The van der Waals surface area contributed by atoms with Gasteiger partial charge < -0.3 is 5.73 Å². The molecule has 116 valence electrons. The van der Waals surface area contributed by atoms with E-state index in [4.69, 9.17) is 17.3 Å². The van der Waals surface area contributed by atoms with Gasteiger partial charge in [0.25, 0.3) is 0 Å². The van der Waals surface area contributed by atoms with Crippen LogP contribution in [-0.2, 0) is 6.42 Å². The molecule has 2 saturated carbocycles. The minimum absolute atomic E-state index is 0.271. The maximum absolute atomic E-state index is 6.55. The zero-order valence-electron chi connectivity index (χ0n) is 13.2. The Bertz CT molecular complexity index is 484. The molecular formula is C19H28ClN. The zero-order chi connectivity index (χ0) is 14.8. The molecule has 4 unspecified atom stereocenters. The van der Waals surface area contributed by atoms with Gasteiger partial charge in [0, 0.05) is 11.1 Å². The van der Waals surface area contributed by atoms with Gasteiger partial charge >= 0.3 is 0 Å². The van der Waals surface area contributed by atoms with Crippen LogP contribution in [0.2, 0.25) is 5.02 Å². The molecule has 0 saturated heterocycles. The topological polar surface area (TPSA) is 26.0 Å². The molecule has 4 atom stereocenters. The van der Waals surface area contributed by atoms with Crippen molar-refractivity contribution in [2.24, 2.45) is 23.5 Å². The summed E-state index contributed by atoms with van der Waals surface area (Å²) in [4.78, 5) is 0. The van der Waals surface area contributed by atoms with Crippen molar-refractivity contribution in [3.63, 3.8) is 0 Å². The number of hydrogen-bond donors (Lipinski definition) is 1. The fourth-order valence-corrected chi connectivity index (χ4v) is 4.85. The van der Waals surface area contributed by atoms with Crippen molar-refractivity contribution >= 4 is 11.6 Å². The van der Waals surface area contributed by atoms with Crippen molar-refractivity contribution in [2.45, 2.75) is 64.3 Å². The van der Waals surface area contributed by atoms with Gasteiger partial charge in [0.05, 0.1) is 0 Å². The lowest BCUT2D eigenvalue weighted by atomic mass is 9.66. The first-order chi connectivity index (χ1) is 10.1. The monoisotopic (exact) mass is 305 g/mol. The number of hydrogen-bond acceptors (Lipinski definition) is 1. The van der Waals surface area contributed by atoms with Crippen LogP contribution in [-0.4, -0.2) is 6.04 Å². The molecule has 0 aromatic heterocycles. The van der Waals surface area contributed by atoms with Crippen molar-refractivity contribution in [1.29, 1.82) is 0 Å². The van der Waals surface area contributed by atoms with Gasteiger partial charge in [-0.15, -0.1) is 0 Å². The highest BCUT2D eigenvalue weighted by Gasteiger charge is 2.34. The van der Waals surface area contributed by atoms with Crippen LogP contribution in [0.4, 0.5) is 0 Å². The van der Waals surface area contributed by atoms with Gasteiger partial charge in [-0.05, 0) is 67.6 Å². The average Bonchev–Trinajstić information content (AvgIpc) is 2.49. The molecular weight excluding hydrogens is 278 g/mol. The quantitative estimate of drug-likeness (QED) is 0.823. The summed E-state index contributed by atoms with van der Waals surface area (Å²) >= 11 is 6.37. The second-order valence-electron chi connectivity index (χ2n) is 7.34. The summed E-state index contributed by atoms with van der Waals surface area (Å²) in [6.07, 6.45) is 10.8. The van der Waals surface area contributed by atoms with Gasteiger partial charge in [-0.25, -0.2) is 0 Å². The number of fused-ring (bicyclic) bond motifs is 1. The Balaban J connectivity index is 1.61. The molecule has 0 spiro atoms. The van der Waals surface area contributed by atoms with Crippen LogP contribution >= 0.6 is 11.6 Å². The van der Waals surface area contributed by atoms with E-state index in [1.807, 2.05) is 0 Å². The summed E-state index contributed by atoms with van der Waals surface area (Å²) < 4.78 is 0. The lowest BCUT2D eigenvalue weighted by molar-refractivity contribution is 0.117. The minimum Gasteiger partial charge on any atom is -0.327 e. The predicted octanol–water partition coefficient (Wildman–Crippen LogP) is 5.12. The fourth-order valence-electron chi connectivity index (χ4n) is 4.54. The molecule has 2 fully saturated rings. The number of aryl methyl sites for hydroxylation is 1. The van der Waals surface area contributed by atoms with Gasteiger partial charge in [-0.2, -0.15) is 0 Å². The third-order valence-corrected chi connectivity index (χ3v) is 6.20. The molecule has 3 rings (SSSR count).